The Hall–Kier alpha value is -3.56. The summed E-state index contributed by atoms with van der Waals surface area (Å²) in [4.78, 5) is 54.1. The lowest BCUT2D eigenvalue weighted by molar-refractivity contribution is -0.122. The van der Waals surface area contributed by atoms with E-state index in [0.29, 0.717) is 12.1 Å². The molecule has 5 amide bonds. The summed E-state index contributed by atoms with van der Waals surface area (Å²) in [6.45, 7) is 5.40. The van der Waals surface area contributed by atoms with Crippen molar-refractivity contribution in [3.05, 3.63) is 70.8 Å². The quantitative estimate of drug-likeness (QED) is 0.698. The number of amides is 5. The van der Waals surface area contributed by atoms with Crippen LogP contribution in [-0.2, 0) is 17.9 Å². The SMILES string of the molecule is O=C1CCN(N2C(=O)c3ccc(CN4CCN(Cc5ccccc5)CC4)cc3C2=O)C(=O)N1. The van der Waals surface area contributed by atoms with Gasteiger partial charge in [0.25, 0.3) is 11.8 Å². The van der Waals surface area contributed by atoms with Gasteiger partial charge in [-0.15, -0.1) is 0 Å². The predicted octanol–water partition coefficient (Wildman–Crippen LogP) is 1.46. The van der Waals surface area contributed by atoms with Gasteiger partial charge in [0.15, 0.2) is 0 Å². The maximum absolute atomic E-state index is 13.0. The van der Waals surface area contributed by atoms with Crippen LogP contribution in [0.25, 0.3) is 0 Å². The smallest absolute Gasteiger partial charge is 0.297 e. The van der Waals surface area contributed by atoms with Crippen molar-refractivity contribution in [1.29, 1.82) is 0 Å². The minimum absolute atomic E-state index is 0.00372. The highest BCUT2D eigenvalue weighted by molar-refractivity contribution is 6.22. The Bertz CT molecular complexity index is 1110. The Kier molecular flexibility index (Phi) is 5.65. The molecule has 2 saturated heterocycles. The molecule has 5 rings (SSSR count). The lowest BCUT2D eigenvalue weighted by atomic mass is 10.1. The Morgan fingerprint density at radius 2 is 1.33 bits per heavy atom. The van der Waals surface area contributed by atoms with Gasteiger partial charge in [0.05, 0.1) is 17.7 Å². The molecule has 3 aliphatic heterocycles. The summed E-state index contributed by atoms with van der Waals surface area (Å²) < 4.78 is 0. The molecule has 170 valence electrons. The van der Waals surface area contributed by atoms with E-state index in [2.05, 4.69) is 39.4 Å². The van der Waals surface area contributed by atoms with Crippen LogP contribution in [0.2, 0.25) is 0 Å². The van der Waals surface area contributed by atoms with Gasteiger partial charge in [-0.25, -0.2) is 9.80 Å². The third kappa shape index (κ3) is 4.24. The van der Waals surface area contributed by atoms with Crippen LogP contribution in [0.15, 0.2) is 48.5 Å². The van der Waals surface area contributed by atoms with Crippen LogP contribution in [0.5, 0.6) is 0 Å². The summed E-state index contributed by atoms with van der Waals surface area (Å²) in [5.74, 6) is -1.49. The van der Waals surface area contributed by atoms with Gasteiger partial charge in [-0.05, 0) is 23.3 Å². The zero-order valence-corrected chi connectivity index (χ0v) is 18.2. The van der Waals surface area contributed by atoms with Crippen LogP contribution in [-0.4, -0.2) is 76.3 Å². The first-order valence-electron chi connectivity index (χ1n) is 11.1. The number of rotatable bonds is 5. The lowest BCUT2D eigenvalue weighted by Crippen LogP contribution is -2.58. The summed E-state index contributed by atoms with van der Waals surface area (Å²) in [6.07, 6.45) is 0.0423. The first kappa shape index (κ1) is 21.3. The van der Waals surface area contributed by atoms with Gasteiger partial charge >= 0.3 is 6.03 Å². The van der Waals surface area contributed by atoms with Crippen molar-refractivity contribution < 1.29 is 19.2 Å². The Morgan fingerprint density at radius 1 is 0.697 bits per heavy atom. The monoisotopic (exact) mass is 447 g/mol. The van der Waals surface area contributed by atoms with E-state index < -0.39 is 23.8 Å². The second-order valence-corrected chi connectivity index (χ2v) is 8.57. The molecule has 9 heteroatoms. The molecule has 1 N–H and O–H groups in total. The number of imide groups is 2. The first-order valence-corrected chi connectivity index (χ1v) is 11.1. The van der Waals surface area contributed by atoms with Crippen molar-refractivity contribution in [3.8, 4) is 0 Å². The molecule has 0 atom stereocenters. The summed E-state index contributed by atoms with van der Waals surface area (Å²) in [6, 6.07) is 14.9. The van der Waals surface area contributed by atoms with E-state index >= 15 is 0 Å². The molecule has 0 aromatic heterocycles. The zero-order chi connectivity index (χ0) is 22.9. The summed E-state index contributed by atoms with van der Waals surface area (Å²) >= 11 is 0. The molecule has 0 spiro atoms. The molecule has 3 heterocycles. The number of piperazine rings is 1. The molecule has 0 bridgehead atoms. The van der Waals surface area contributed by atoms with E-state index in [1.54, 1.807) is 12.1 Å². The number of urea groups is 1. The number of hydrazine groups is 1. The topological polar surface area (TPSA) is 93.3 Å². The number of hydrogen-bond donors (Lipinski definition) is 1. The van der Waals surface area contributed by atoms with Crippen LogP contribution in [0.1, 0.15) is 38.3 Å². The molecule has 0 aliphatic carbocycles. The van der Waals surface area contributed by atoms with E-state index in [1.165, 1.54) is 5.56 Å². The number of carbonyl (C=O) groups excluding carboxylic acids is 4. The molecular formula is C24H25N5O4. The van der Waals surface area contributed by atoms with Gasteiger partial charge in [0, 0.05) is 45.7 Å². The van der Waals surface area contributed by atoms with Crippen molar-refractivity contribution in [2.24, 2.45) is 0 Å². The maximum Gasteiger partial charge on any atom is 0.343 e. The minimum atomic E-state index is -0.755. The predicted molar refractivity (Wildman–Crippen MR) is 119 cm³/mol. The standard InChI is InChI=1S/C24H25N5O4/c30-21-8-9-28(24(33)25-21)29-22(31)19-7-6-18(14-20(19)23(29)32)16-27-12-10-26(11-13-27)15-17-4-2-1-3-5-17/h1-7,14H,8-13,15-16H2,(H,25,30,33). The average molecular weight is 447 g/mol. The largest absolute Gasteiger partial charge is 0.343 e. The molecule has 2 aromatic rings. The van der Waals surface area contributed by atoms with Crippen LogP contribution in [0, 0.1) is 0 Å². The molecule has 33 heavy (non-hydrogen) atoms. The van der Waals surface area contributed by atoms with Crippen molar-refractivity contribution >= 4 is 23.8 Å². The molecule has 0 unspecified atom stereocenters. The molecule has 0 radical (unpaired) electrons. The molecular weight excluding hydrogens is 422 g/mol. The van der Waals surface area contributed by atoms with Gasteiger partial charge < -0.3 is 0 Å². The van der Waals surface area contributed by atoms with Gasteiger partial charge in [-0.3, -0.25) is 29.5 Å². The lowest BCUT2D eigenvalue weighted by Gasteiger charge is -2.34. The van der Waals surface area contributed by atoms with Crippen molar-refractivity contribution in [2.45, 2.75) is 19.5 Å². The number of benzene rings is 2. The minimum Gasteiger partial charge on any atom is -0.297 e. The highest BCUT2D eigenvalue weighted by atomic mass is 16.2. The molecule has 3 aliphatic rings. The first-order chi connectivity index (χ1) is 16.0. The van der Waals surface area contributed by atoms with E-state index in [4.69, 9.17) is 0 Å². The van der Waals surface area contributed by atoms with Crippen LogP contribution < -0.4 is 5.32 Å². The second kappa shape index (κ2) is 8.76. The van der Waals surface area contributed by atoms with Crippen LogP contribution >= 0.6 is 0 Å². The van der Waals surface area contributed by atoms with Gasteiger partial charge in [0.1, 0.15) is 0 Å². The average Bonchev–Trinajstić information content (AvgIpc) is 3.06. The third-order valence-electron chi connectivity index (χ3n) is 6.32. The van der Waals surface area contributed by atoms with Gasteiger partial charge in [0.2, 0.25) is 5.91 Å². The Balaban J connectivity index is 1.22. The van der Waals surface area contributed by atoms with E-state index in [9.17, 15) is 19.2 Å². The van der Waals surface area contributed by atoms with Gasteiger partial charge in [-0.1, -0.05) is 36.4 Å². The number of hydrogen-bond acceptors (Lipinski definition) is 6. The highest BCUT2D eigenvalue weighted by Crippen LogP contribution is 2.27. The van der Waals surface area contributed by atoms with E-state index in [0.717, 1.165) is 48.3 Å². The van der Waals surface area contributed by atoms with Crippen LogP contribution in [0.3, 0.4) is 0 Å². The van der Waals surface area contributed by atoms with Crippen molar-refractivity contribution in [2.75, 3.05) is 32.7 Å². The van der Waals surface area contributed by atoms with Crippen molar-refractivity contribution in [3.63, 3.8) is 0 Å². The number of carbonyl (C=O) groups is 4. The number of fused-ring (bicyclic) bond motifs is 1. The maximum atomic E-state index is 13.0. The Labute approximate surface area is 191 Å². The molecule has 0 saturated carbocycles. The van der Waals surface area contributed by atoms with Crippen LogP contribution in [0.4, 0.5) is 4.79 Å². The fourth-order valence-corrected chi connectivity index (χ4v) is 4.54. The van der Waals surface area contributed by atoms with Crippen molar-refractivity contribution in [1.82, 2.24) is 25.1 Å². The second-order valence-electron chi connectivity index (χ2n) is 8.57. The van der Waals surface area contributed by atoms with E-state index in [-0.39, 0.29) is 18.5 Å². The highest BCUT2D eigenvalue weighted by Gasteiger charge is 2.43. The summed E-state index contributed by atoms with van der Waals surface area (Å²) in [7, 11) is 0. The third-order valence-corrected chi connectivity index (χ3v) is 6.32. The Morgan fingerprint density at radius 3 is 2.00 bits per heavy atom. The number of nitrogens with one attached hydrogen (secondary N) is 1. The van der Waals surface area contributed by atoms with E-state index in [1.807, 2.05) is 12.1 Å². The summed E-state index contributed by atoms with van der Waals surface area (Å²) in [5.41, 5.74) is 2.83. The summed E-state index contributed by atoms with van der Waals surface area (Å²) in [5, 5.41) is 4.01. The molecule has 9 nitrogen and oxygen atoms in total. The normalized spacial score (nSPS) is 19.8. The molecule has 2 fully saturated rings. The molecule has 2 aromatic carbocycles. The fourth-order valence-electron chi connectivity index (χ4n) is 4.54. The zero-order valence-electron chi connectivity index (χ0n) is 18.2. The van der Waals surface area contributed by atoms with Gasteiger partial charge in [-0.2, -0.15) is 5.01 Å². The fraction of sp³-hybridized carbons (Fsp3) is 0.333. The number of nitrogens with zero attached hydrogens (tertiary/aromatic N) is 4.